The third-order valence-electron chi connectivity index (χ3n) is 5.86. The number of amides is 1. The summed E-state index contributed by atoms with van der Waals surface area (Å²) < 4.78 is 1.75. The highest BCUT2D eigenvalue weighted by Crippen LogP contribution is 2.27. The van der Waals surface area contributed by atoms with Crippen LogP contribution in [0.15, 0.2) is 30.5 Å². The lowest BCUT2D eigenvalue weighted by Crippen LogP contribution is -2.34. The number of carbonyl (C=O) groups is 1. The molecule has 1 aliphatic rings. The molecule has 1 atom stereocenters. The molecule has 0 spiro atoms. The number of nitrogens with one attached hydrogen (secondary N) is 2. The Morgan fingerprint density at radius 1 is 1.25 bits per heavy atom. The zero-order chi connectivity index (χ0) is 22.7. The molecule has 1 fully saturated rings. The number of hydrogen-bond acceptors (Lipinski definition) is 7. The van der Waals surface area contributed by atoms with E-state index in [2.05, 4.69) is 34.5 Å². The molecule has 170 valence electrons. The van der Waals surface area contributed by atoms with Crippen LogP contribution in [-0.4, -0.2) is 49.8 Å². The predicted octanol–water partition coefficient (Wildman–Crippen LogP) is 3.17. The van der Waals surface area contributed by atoms with E-state index in [1.807, 2.05) is 37.4 Å². The minimum absolute atomic E-state index is 0.00508. The molecule has 0 saturated carbocycles. The molecule has 3 heterocycles. The second kappa shape index (κ2) is 9.52. The van der Waals surface area contributed by atoms with Gasteiger partial charge in [0.1, 0.15) is 0 Å². The number of rotatable bonds is 8. The zero-order valence-electron chi connectivity index (χ0n) is 18.9. The largest absolute Gasteiger partial charge is 0.394 e. The van der Waals surface area contributed by atoms with Crippen LogP contribution in [0.1, 0.15) is 57.1 Å². The third kappa shape index (κ3) is 4.52. The van der Waals surface area contributed by atoms with Crippen molar-refractivity contribution in [3.05, 3.63) is 41.6 Å². The molecule has 0 aliphatic carbocycles. The van der Waals surface area contributed by atoms with Gasteiger partial charge < -0.3 is 20.6 Å². The van der Waals surface area contributed by atoms with Gasteiger partial charge in [0.15, 0.2) is 5.65 Å². The number of benzene rings is 1. The Bertz CT molecular complexity index is 1080. The van der Waals surface area contributed by atoms with E-state index in [4.69, 9.17) is 9.97 Å². The topological polar surface area (TPSA) is 108 Å². The van der Waals surface area contributed by atoms with Crippen molar-refractivity contribution >= 4 is 29.1 Å². The van der Waals surface area contributed by atoms with Crippen molar-refractivity contribution in [3.8, 4) is 0 Å². The van der Waals surface area contributed by atoms with Gasteiger partial charge in [0, 0.05) is 30.8 Å². The van der Waals surface area contributed by atoms with Gasteiger partial charge in [-0.3, -0.25) is 4.79 Å². The molecule has 9 nitrogen and oxygen atoms in total. The number of hydrogen-bond donors (Lipinski definition) is 3. The first-order chi connectivity index (χ1) is 15.5. The molecule has 1 aromatic carbocycles. The van der Waals surface area contributed by atoms with Crippen molar-refractivity contribution in [1.82, 2.24) is 19.6 Å². The summed E-state index contributed by atoms with van der Waals surface area (Å²) in [5.74, 6) is 1.51. The Morgan fingerprint density at radius 2 is 2.03 bits per heavy atom. The normalized spacial score (nSPS) is 16.2. The van der Waals surface area contributed by atoms with E-state index in [1.54, 1.807) is 4.52 Å². The third-order valence-corrected chi connectivity index (χ3v) is 5.86. The SMILES string of the molecule is CCC(=O)Nc1ccc(CNc2nc(N3CCC[C@H]3CO)nc3c(C(C)C)cnn23)cc1. The van der Waals surface area contributed by atoms with Gasteiger partial charge in [-0.2, -0.15) is 19.6 Å². The summed E-state index contributed by atoms with van der Waals surface area (Å²) in [6, 6.07) is 7.78. The smallest absolute Gasteiger partial charge is 0.231 e. The van der Waals surface area contributed by atoms with Crippen LogP contribution in [0.5, 0.6) is 0 Å². The van der Waals surface area contributed by atoms with Gasteiger partial charge in [-0.25, -0.2) is 0 Å². The van der Waals surface area contributed by atoms with Crippen LogP contribution < -0.4 is 15.5 Å². The van der Waals surface area contributed by atoms with Crippen molar-refractivity contribution in [2.75, 3.05) is 28.7 Å². The summed E-state index contributed by atoms with van der Waals surface area (Å²) >= 11 is 0. The van der Waals surface area contributed by atoms with E-state index in [1.165, 1.54) is 0 Å². The van der Waals surface area contributed by atoms with Crippen molar-refractivity contribution in [3.63, 3.8) is 0 Å². The fourth-order valence-electron chi connectivity index (χ4n) is 3.96. The average Bonchev–Trinajstić information content (AvgIpc) is 3.45. The first kappa shape index (κ1) is 22.0. The van der Waals surface area contributed by atoms with E-state index in [-0.39, 0.29) is 24.5 Å². The molecule has 32 heavy (non-hydrogen) atoms. The lowest BCUT2D eigenvalue weighted by molar-refractivity contribution is -0.115. The molecular formula is C23H31N7O2. The van der Waals surface area contributed by atoms with Crippen molar-refractivity contribution in [2.24, 2.45) is 0 Å². The van der Waals surface area contributed by atoms with Crippen LogP contribution in [0.3, 0.4) is 0 Å². The minimum atomic E-state index is -0.00508. The monoisotopic (exact) mass is 437 g/mol. The van der Waals surface area contributed by atoms with Crippen LogP contribution in [-0.2, 0) is 11.3 Å². The molecule has 1 amide bonds. The predicted molar refractivity (Wildman–Crippen MR) is 125 cm³/mol. The van der Waals surface area contributed by atoms with Crippen LogP contribution in [0.4, 0.5) is 17.6 Å². The molecule has 3 N–H and O–H groups in total. The van der Waals surface area contributed by atoms with Gasteiger partial charge in [0.25, 0.3) is 0 Å². The van der Waals surface area contributed by atoms with Crippen LogP contribution in [0.2, 0.25) is 0 Å². The van der Waals surface area contributed by atoms with Gasteiger partial charge in [0.05, 0.1) is 18.8 Å². The number of aliphatic hydroxyl groups is 1. The number of nitrogens with zero attached hydrogens (tertiary/aromatic N) is 5. The van der Waals surface area contributed by atoms with Crippen LogP contribution in [0.25, 0.3) is 5.65 Å². The highest BCUT2D eigenvalue weighted by Gasteiger charge is 2.27. The number of fused-ring (bicyclic) bond motifs is 1. The Morgan fingerprint density at radius 3 is 2.72 bits per heavy atom. The van der Waals surface area contributed by atoms with E-state index in [0.717, 1.165) is 41.8 Å². The fraction of sp³-hybridized carbons (Fsp3) is 0.478. The molecule has 1 saturated heterocycles. The molecular weight excluding hydrogens is 406 g/mol. The Hall–Kier alpha value is -3.20. The van der Waals surface area contributed by atoms with E-state index >= 15 is 0 Å². The molecule has 9 heteroatoms. The maximum atomic E-state index is 11.6. The van der Waals surface area contributed by atoms with E-state index in [9.17, 15) is 9.90 Å². The molecule has 2 aromatic heterocycles. The van der Waals surface area contributed by atoms with Crippen LogP contribution >= 0.6 is 0 Å². The number of anilines is 3. The summed E-state index contributed by atoms with van der Waals surface area (Å²) in [7, 11) is 0. The second-order valence-electron chi connectivity index (χ2n) is 8.46. The van der Waals surface area contributed by atoms with Crippen molar-refractivity contribution in [1.29, 1.82) is 0 Å². The Balaban J connectivity index is 1.60. The summed E-state index contributed by atoms with van der Waals surface area (Å²) in [4.78, 5) is 23.3. The summed E-state index contributed by atoms with van der Waals surface area (Å²) in [6.45, 7) is 7.54. The summed E-state index contributed by atoms with van der Waals surface area (Å²) in [5, 5.41) is 20.6. The standard InChI is InChI=1S/C23H31N7O2/c1-4-20(32)26-17-9-7-16(8-10-17)12-24-22-28-23(29-11-5-6-18(29)14-31)27-21-19(15(2)3)13-25-30(21)22/h7-10,13,15,18,31H,4-6,11-12,14H2,1-3H3,(H,26,32)(H,24,27,28)/t18-/m0/s1. The molecule has 0 unspecified atom stereocenters. The highest BCUT2D eigenvalue weighted by molar-refractivity contribution is 5.90. The van der Waals surface area contributed by atoms with Crippen molar-refractivity contribution in [2.45, 2.75) is 58.5 Å². The molecule has 4 rings (SSSR count). The highest BCUT2D eigenvalue weighted by atomic mass is 16.3. The first-order valence-electron chi connectivity index (χ1n) is 11.3. The van der Waals surface area contributed by atoms with Crippen molar-refractivity contribution < 1.29 is 9.90 Å². The zero-order valence-corrected chi connectivity index (χ0v) is 18.9. The maximum Gasteiger partial charge on any atom is 0.231 e. The lowest BCUT2D eigenvalue weighted by atomic mass is 10.1. The second-order valence-corrected chi connectivity index (χ2v) is 8.46. The maximum absolute atomic E-state index is 11.6. The van der Waals surface area contributed by atoms with Gasteiger partial charge in [-0.1, -0.05) is 32.9 Å². The molecule has 0 radical (unpaired) electrons. The Labute approximate surface area is 187 Å². The van der Waals surface area contributed by atoms with E-state index in [0.29, 0.717) is 24.9 Å². The summed E-state index contributed by atoms with van der Waals surface area (Å²) in [5.41, 5.74) is 3.68. The average molecular weight is 438 g/mol. The molecule has 0 bridgehead atoms. The quantitative estimate of drug-likeness (QED) is 0.497. The van der Waals surface area contributed by atoms with Gasteiger partial charge in [-0.05, 0) is 36.5 Å². The molecule has 1 aliphatic heterocycles. The van der Waals surface area contributed by atoms with E-state index < -0.39 is 0 Å². The lowest BCUT2D eigenvalue weighted by Gasteiger charge is -2.23. The molecule has 3 aromatic rings. The Kier molecular flexibility index (Phi) is 6.55. The van der Waals surface area contributed by atoms with Gasteiger partial charge >= 0.3 is 0 Å². The van der Waals surface area contributed by atoms with Gasteiger partial charge in [0.2, 0.25) is 17.8 Å². The van der Waals surface area contributed by atoms with Crippen LogP contribution in [0, 0.1) is 0 Å². The van der Waals surface area contributed by atoms with Gasteiger partial charge in [-0.15, -0.1) is 0 Å². The fourth-order valence-corrected chi connectivity index (χ4v) is 3.96. The number of aliphatic hydroxyl groups excluding tert-OH is 1. The minimum Gasteiger partial charge on any atom is -0.394 e. The summed E-state index contributed by atoms with van der Waals surface area (Å²) in [6.07, 6.45) is 4.25. The number of carbonyl (C=O) groups excluding carboxylic acids is 1. The number of aromatic nitrogens is 4. The first-order valence-corrected chi connectivity index (χ1v) is 11.3.